The Morgan fingerprint density at radius 2 is 0.973 bits per heavy atom. The zero-order valence-electron chi connectivity index (χ0n) is 21.7. The molecule has 0 spiro atoms. The standard InChI is InChI=1S/2C15H15.C2H3O3.O.Ti/c2*1-15(2,13-9-5-3-6-10-13)14-11-7-4-8-12-14;3-1-2(4)5;;/h2*3-11H,1-2H3;1H2,(H,4,5);;/q;;-1;;+2/p-1. The van der Waals surface area contributed by atoms with E-state index < -0.39 is 32.9 Å². The molecular formula is C32H32O4Ti. The normalized spacial score (nSPS) is 16.6. The summed E-state index contributed by atoms with van der Waals surface area (Å²) in [5.41, 5.74) is 2.69. The molecule has 0 amide bonds. The first-order valence-electron chi connectivity index (χ1n) is 12.6. The van der Waals surface area contributed by atoms with E-state index in [0.717, 1.165) is 22.3 Å². The van der Waals surface area contributed by atoms with Crippen LogP contribution in [0, 0.1) is 0 Å². The Morgan fingerprint density at radius 1 is 0.595 bits per heavy atom. The van der Waals surface area contributed by atoms with E-state index in [2.05, 4.69) is 52.0 Å². The van der Waals surface area contributed by atoms with E-state index in [-0.39, 0.29) is 6.61 Å². The van der Waals surface area contributed by atoms with Crippen molar-refractivity contribution < 1.29 is 30.8 Å². The number of benzene rings is 4. The van der Waals surface area contributed by atoms with Crippen LogP contribution < -0.4 is 7.74 Å². The van der Waals surface area contributed by atoms with Crippen molar-refractivity contribution in [2.24, 2.45) is 0 Å². The topological polar surface area (TPSA) is 52.6 Å². The Bertz CT molecular complexity index is 1420. The summed E-state index contributed by atoms with van der Waals surface area (Å²) in [6.45, 7) is 8.03. The minimum atomic E-state index is -6.10. The van der Waals surface area contributed by atoms with Gasteiger partial charge >= 0.3 is 221 Å². The molecule has 4 aromatic rings. The second-order valence-corrected chi connectivity index (χ2v) is 16.4. The first kappa shape index (κ1) is 25.5. The van der Waals surface area contributed by atoms with Crippen molar-refractivity contribution in [3.8, 4) is 0 Å². The monoisotopic (exact) mass is 528 g/mol. The molecule has 188 valence electrons. The number of carbonyl (C=O) groups is 1. The van der Waals surface area contributed by atoms with Crippen molar-refractivity contribution in [2.45, 2.75) is 38.5 Å². The molecule has 0 aromatic heterocycles. The van der Waals surface area contributed by atoms with Crippen molar-refractivity contribution >= 4 is 13.7 Å². The molecule has 1 saturated heterocycles. The van der Waals surface area contributed by atoms with E-state index in [9.17, 15) is 4.79 Å². The fraction of sp³-hybridized carbons (Fsp3) is 0.219. The van der Waals surface area contributed by atoms with Crippen LogP contribution in [-0.2, 0) is 41.6 Å². The van der Waals surface area contributed by atoms with Gasteiger partial charge in [0.1, 0.15) is 0 Å². The van der Waals surface area contributed by atoms with E-state index in [1.807, 2.05) is 84.9 Å². The third-order valence-corrected chi connectivity index (χ3v) is 14.1. The average Bonchev–Trinajstić information content (AvgIpc) is 3.26. The van der Waals surface area contributed by atoms with Crippen LogP contribution in [0.4, 0.5) is 0 Å². The predicted molar refractivity (Wildman–Crippen MR) is 142 cm³/mol. The van der Waals surface area contributed by atoms with Crippen LogP contribution in [-0.4, -0.2) is 12.6 Å². The van der Waals surface area contributed by atoms with Crippen LogP contribution in [0.25, 0.3) is 0 Å². The summed E-state index contributed by atoms with van der Waals surface area (Å²) in [7, 11) is 0. The SMILES string of the molecule is CC(C)(c1ccccc1)c1cccc[c]1[Ti]1(=[O])([c]2ccccc2C(C)(C)c2ccccc2)[O]CC(=O)[O]1. The molecule has 0 N–H and O–H groups in total. The molecule has 4 nitrogen and oxygen atoms in total. The van der Waals surface area contributed by atoms with Gasteiger partial charge in [0.15, 0.2) is 0 Å². The predicted octanol–water partition coefficient (Wildman–Crippen LogP) is 5.73. The van der Waals surface area contributed by atoms with Crippen LogP contribution >= 0.6 is 0 Å². The zero-order chi connectivity index (χ0) is 26.3. The molecular weight excluding hydrogens is 496 g/mol. The molecule has 1 aliphatic heterocycles. The minimum absolute atomic E-state index is 0.346. The first-order chi connectivity index (χ1) is 17.6. The maximum absolute atomic E-state index is 15.8. The van der Waals surface area contributed by atoms with E-state index in [1.54, 1.807) is 0 Å². The third kappa shape index (κ3) is 4.04. The van der Waals surface area contributed by atoms with E-state index in [1.165, 1.54) is 0 Å². The zero-order valence-corrected chi connectivity index (χ0v) is 23.3. The molecule has 37 heavy (non-hydrogen) atoms. The van der Waals surface area contributed by atoms with E-state index >= 15 is 3.32 Å². The van der Waals surface area contributed by atoms with Gasteiger partial charge in [0.25, 0.3) is 0 Å². The van der Waals surface area contributed by atoms with Gasteiger partial charge in [-0.1, -0.05) is 0 Å². The van der Waals surface area contributed by atoms with Crippen molar-refractivity contribution in [2.75, 3.05) is 6.61 Å². The molecule has 0 radical (unpaired) electrons. The summed E-state index contributed by atoms with van der Waals surface area (Å²) in [5, 5.41) is 0. The molecule has 1 fully saturated rings. The van der Waals surface area contributed by atoms with Gasteiger partial charge in [-0.15, -0.1) is 0 Å². The number of carbonyl (C=O) groups excluding carboxylic acids is 1. The Kier molecular flexibility index (Phi) is 6.19. The average molecular weight is 528 g/mol. The third-order valence-electron chi connectivity index (χ3n) is 7.87. The fourth-order valence-corrected chi connectivity index (χ4v) is 12.3. The number of hydrogen-bond acceptors (Lipinski definition) is 4. The van der Waals surface area contributed by atoms with Crippen LogP contribution in [0.3, 0.4) is 0 Å². The van der Waals surface area contributed by atoms with Crippen molar-refractivity contribution in [1.29, 1.82) is 0 Å². The molecule has 0 saturated carbocycles. The summed E-state index contributed by atoms with van der Waals surface area (Å²) in [4.78, 5) is 12.8. The maximum atomic E-state index is 15.8. The van der Waals surface area contributed by atoms with Crippen molar-refractivity contribution in [3.63, 3.8) is 0 Å². The molecule has 0 bridgehead atoms. The number of hydrogen-bond donors (Lipinski definition) is 0. The Hall–Kier alpha value is -3.18. The van der Waals surface area contributed by atoms with Crippen molar-refractivity contribution in [3.05, 3.63) is 131 Å². The Balaban J connectivity index is 1.82. The summed E-state index contributed by atoms with van der Waals surface area (Å²) in [6, 6.07) is 35.3. The van der Waals surface area contributed by atoms with Gasteiger partial charge in [-0.3, -0.25) is 0 Å². The molecule has 5 heteroatoms. The van der Waals surface area contributed by atoms with Gasteiger partial charge in [0.05, 0.1) is 0 Å². The van der Waals surface area contributed by atoms with Gasteiger partial charge in [-0.2, -0.15) is 0 Å². The summed E-state index contributed by atoms with van der Waals surface area (Å²) in [5.74, 6) is -0.605. The molecule has 1 heterocycles. The summed E-state index contributed by atoms with van der Waals surface area (Å²) < 4.78 is 29.0. The Morgan fingerprint density at radius 3 is 1.35 bits per heavy atom. The Labute approximate surface area is 220 Å². The fourth-order valence-electron chi connectivity index (χ4n) is 5.70. The molecule has 0 unspecified atom stereocenters. The number of rotatable bonds is 6. The van der Waals surface area contributed by atoms with Gasteiger partial charge in [0.2, 0.25) is 0 Å². The second-order valence-electron chi connectivity index (χ2n) is 10.8. The molecule has 5 rings (SSSR count). The van der Waals surface area contributed by atoms with Crippen molar-refractivity contribution in [1.82, 2.24) is 0 Å². The van der Waals surface area contributed by atoms with Crippen LogP contribution in [0.1, 0.15) is 49.9 Å². The van der Waals surface area contributed by atoms with Crippen LogP contribution in [0.5, 0.6) is 0 Å². The second kappa shape index (κ2) is 8.99. The summed E-state index contributed by atoms with van der Waals surface area (Å²) >= 11 is -6.10. The molecule has 1 aliphatic rings. The first-order valence-corrected chi connectivity index (χ1v) is 16.1. The van der Waals surface area contributed by atoms with Gasteiger partial charge in [-0.05, 0) is 0 Å². The molecule has 0 aliphatic carbocycles. The quantitative estimate of drug-likeness (QED) is 0.300. The molecule has 0 atom stereocenters. The van der Waals surface area contributed by atoms with Gasteiger partial charge in [-0.25, -0.2) is 0 Å². The van der Waals surface area contributed by atoms with Crippen LogP contribution in [0.15, 0.2) is 109 Å². The van der Waals surface area contributed by atoms with E-state index in [4.69, 9.17) is 6.64 Å². The van der Waals surface area contributed by atoms with E-state index in [0.29, 0.717) is 7.74 Å². The van der Waals surface area contributed by atoms with Crippen LogP contribution in [0.2, 0.25) is 0 Å². The van der Waals surface area contributed by atoms with Gasteiger partial charge < -0.3 is 0 Å². The summed E-state index contributed by atoms with van der Waals surface area (Å²) in [6.07, 6.45) is 0. The van der Waals surface area contributed by atoms with Gasteiger partial charge in [0, 0.05) is 0 Å². The molecule has 4 aromatic carbocycles.